The first-order valence-electron chi connectivity index (χ1n) is 6.30. The molecule has 1 rings (SSSR count). The third-order valence-corrected chi connectivity index (χ3v) is 3.78. The third kappa shape index (κ3) is 5.29. The van der Waals surface area contributed by atoms with Gasteiger partial charge >= 0.3 is 0 Å². The zero-order valence-corrected chi connectivity index (χ0v) is 12.3. The number of methoxy groups -OCH3 is 2. The van der Waals surface area contributed by atoms with E-state index >= 15 is 0 Å². The van der Waals surface area contributed by atoms with Crippen molar-refractivity contribution in [1.82, 2.24) is 5.32 Å². The number of nitrogens with one attached hydrogen (secondary N) is 1. The van der Waals surface area contributed by atoms with E-state index in [0.29, 0.717) is 6.04 Å². The van der Waals surface area contributed by atoms with E-state index in [9.17, 15) is 0 Å². The van der Waals surface area contributed by atoms with Gasteiger partial charge in [0, 0.05) is 23.8 Å². The van der Waals surface area contributed by atoms with Gasteiger partial charge in [-0.05, 0) is 25.1 Å². The summed E-state index contributed by atoms with van der Waals surface area (Å²) in [6, 6.07) is 8.49. The zero-order chi connectivity index (χ0) is 13.2. The molecule has 1 aromatic rings. The van der Waals surface area contributed by atoms with Gasteiger partial charge in [0.25, 0.3) is 0 Å². The number of benzene rings is 1. The van der Waals surface area contributed by atoms with Crippen LogP contribution in [0.5, 0.6) is 5.75 Å². The Kier molecular flexibility index (Phi) is 7.89. The number of para-hydroxylation sites is 1. The lowest BCUT2D eigenvalue weighted by molar-refractivity contribution is 0.174. The lowest BCUT2D eigenvalue weighted by Gasteiger charge is -2.17. The maximum atomic E-state index is 5.35. The van der Waals surface area contributed by atoms with E-state index in [2.05, 4.69) is 18.3 Å². The normalized spacial score (nSPS) is 12.4. The van der Waals surface area contributed by atoms with Gasteiger partial charge in [0.1, 0.15) is 5.75 Å². The molecule has 1 unspecified atom stereocenters. The molecule has 0 aromatic heterocycles. The van der Waals surface area contributed by atoms with Crippen molar-refractivity contribution in [3.05, 3.63) is 24.3 Å². The van der Waals surface area contributed by atoms with E-state index in [4.69, 9.17) is 9.47 Å². The molecule has 0 aliphatic rings. The highest BCUT2D eigenvalue weighted by Gasteiger charge is 2.10. The topological polar surface area (TPSA) is 30.5 Å². The third-order valence-electron chi connectivity index (χ3n) is 2.56. The second kappa shape index (κ2) is 9.25. The minimum atomic E-state index is 0.380. The van der Waals surface area contributed by atoms with Gasteiger partial charge in [-0.1, -0.05) is 19.1 Å². The number of ether oxygens (including phenoxy) is 2. The predicted octanol–water partition coefficient (Wildman–Crippen LogP) is 2.80. The van der Waals surface area contributed by atoms with Crippen LogP contribution >= 0.6 is 11.8 Å². The fraction of sp³-hybridized carbons (Fsp3) is 0.571. The van der Waals surface area contributed by atoms with Crippen LogP contribution in [0.25, 0.3) is 0 Å². The van der Waals surface area contributed by atoms with Crippen LogP contribution in [0, 0.1) is 0 Å². The Morgan fingerprint density at radius 3 is 2.72 bits per heavy atom. The Balaban J connectivity index is 2.49. The second-order valence-corrected chi connectivity index (χ2v) is 5.13. The largest absolute Gasteiger partial charge is 0.496 e. The molecule has 0 aliphatic carbocycles. The van der Waals surface area contributed by atoms with Crippen molar-refractivity contribution in [1.29, 1.82) is 0 Å². The van der Waals surface area contributed by atoms with Crippen molar-refractivity contribution in [3.8, 4) is 5.75 Å². The van der Waals surface area contributed by atoms with E-state index in [1.807, 2.05) is 18.2 Å². The Morgan fingerprint density at radius 1 is 1.28 bits per heavy atom. The van der Waals surface area contributed by atoms with Gasteiger partial charge in [-0.2, -0.15) is 0 Å². The first kappa shape index (κ1) is 15.3. The highest BCUT2D eigenvalue weighted by molar-refractivity contribution is 7.99. The summed E-state index contributed by atoms with van der Waals surface area (Å²) in [4.78, 5) is 1.18. The van der Waals surface area contributed by atoms with E-state index in [1.54, 1.807) is 26.0 Å². The number of hydrogen-bond acceptors (Lipinski definition) is 4. The van der Waals surface area contributed by atoms with Crippen molar-refractivity contribution >= 4 is 11.8 Å². The molecule has 1 aromatic carbocycles. The maximum Gasteiger partial charge on any atom is 0.132 e. The fourth-order valence-corrected chi connectivity index (χ4v) is 2.71. The van der Waals surface area contributed by atoms with Crippen molar-refractivity contribution in [2.75, 3.05) is 33.1 Å². The van der Waals surface area contributed by atoms with E-state index in [-0.39, 0.29) is 0 Å². The molecule has 1 N–H and O–H groups in total. The summed E-state index contributed by atoms with van der Waals surface area (Å²) < 4.78 is 10.6. The summed E-state index contributed by atoms with van der Waals surface area (Å²) in [6.45, 7) is 3.94. The van der Waals surface area contributed by atoms with Crippen molar-refractivity contribution < 1.29 is 9.47 Å². The average molecular weight is 269 g/mol. The van der Waals surface area contributed by atoms with Gasteiger partial charge in [0.2, 0.25) is 0 Å². The monoisotopic (exact) mass is 269 g/mol. The summed E-state index contributed by atoms with van der Waals surface area (Å²) in [7, 11) is 3.45. The Morgan fingerprint density at radius 2 is 2.06 bits per heavy atom. The van der Waals surface area contributed by atoms with Crippen LogP contribution in [0.4, 0.5) is 0 Å². The van der Waals surface area contributed by atoms with Gasteiger partial charge in [-0.25, -0.2) is 0 Å². The summed E-state index contributed by atoms with van der Waals surface area (Å²) in [5.41, 5.74) is 0. The molecule has 0 aliphatic heterocycles. The SMILES string of the molecule is CCCNC(COC)CSc1ccccc1OC. The van der Waals surface area contributed by atoms with Crippen LogP contribution in [0.2, 0.25) is 0 Å². The molecule has 18 heavy (non-hydrogen) atoms. The lowest BCUT2D eigenvalue weighted by Crippen LogP contribution is -2.35. The Hall–Kier alpha value is -0.710. The summed E-state index contributed by atoms with van der Waals surface area (Å²) in [6.07, 6.45) is 1.14. The Bertz CT molecular complexity index is 333. The summed E-state index contributed by atoms with van der Waals surface area (Å²) in [5.74, 6) is 1.92. The first-order valence-corrected chi connectivity index (χ1v) is 7.28. The van der Waals surface area contributed by atoms with Gasteiger partial charge in [-0.15, -0.1) is 11.8 Å². The van der Waals surface area contributed by atoms with Crippen LogP contribution in [-0.4, -0.2) is 39.2 Å². The van der Waals surface area contributed by atoms with Gasteiger partial charge < -0.3 is 14.8 Å². The molecule has 0 spiro atoms. The quantitative estimate of drug-likeness (QED) is 0.698. The van der Waals surface area contributed by atoms with Gasteiger partial charge in [0.05, 0.1) is 13.7 Å². The number of rotatable bonds is 9. The predicted molar refractivity (Wildman–Crippen MR) is 77.7 cm³/mol. The number of hydrogen-bond donors (Lipinski definition) is 1. The van der Waals surface area contributed by atoms with Crippen LogP contribution < -0.4 is 10.1 Å². The molecule has 0 saturated carbocycles. The van der Waals surface area contributed by atoms with Crippen molar-refractivity contribution in [2.45, 2.75) is 24.3 Å². The van der Waals surface area contributed by atoms with E-state index < -0.39 is 0 Å². The molecular formula is C14H23NO2S. The molecule has 102 valence electrons. The molecular weight excluding hydrogens is 246 g/mol. The molecule has 0 radical (unpaired) electrons. The zero-order valence-electron chi connectivity index (χ0n) is 11.4. The van der Waals surface area contributed by atoms with Crippen molar-refractivity contribution in [3.63, 3.8) is 0 Å². The van der Waals surface area contributed by atoms with Crippen LogP contribution in [0.1, 0.15) is 13.3 Å². The minimum Gasteiger partial charge on any atom is -0.496 e. The maximum absolute atomic E-state index is 5.35. The highest BCUT2D eigenvalue weighted by Crippen LogP contribution is 2.28. The first-order chi connectivity index (χ1) is 8.81. The molecule has 0 fully saturated rings. The highest BCUT2D eigenvalue weighted by atomic mass is 32.2. The second-order valence-electron chi connectivity index (χ2n) is 4.07. The molecule has 1 atom stereocenters. The van der Waals surface area contributed by atoms with Crippen LogP contribution in [0.3, 0.4) is 0 Å². The van der Waals surface area contributed by atoms with Crippen LogP contribution in [-0.2, 0) is 4.74 Å². The molecule has 0 amide bonds. The summed E-state index contributed by atoms with van der Waals surface area (Å²) in [5, 5.41) is 3.49. The Labute approximate surface area is 114 Å². The van der Waals surface area contributed by atoms with E-state index in [0.717, 1.165) is 31.1 Å². The standard InChI is InChI=1S/C14H23NO2S/c1-4-9-15-12(10-16-2)11-18-14-8-6-5-7-13(14)17-3/h5-8,12,15H,4,9-11H2,1-3H3. The number of thioether (sulfide) groups is 1. The van der Waals surface area contributed by atoms with Gasteiger partial charge in [-0.3, -0.25) is 0 Å². The lowest BCUT2D eigenvalue weighted by atomic mass is 10.3. The smallest absolute Gasteiger partial charge is 0.132 e. The average Bonchev–Trinajstić information content (AvgIpc) is 2.42. The fourth-order valence-electron chi connectivity index (χ4n) is 1.64. The van der Waals surface area contributed by atoms with Crippen molar-refractivity contribution in [2.24, 2.45) is 0 Å². The van der Waals surface area contributed by atoms with Crippen LogP contribution in [0.15, 0.2) is 29.2 Å². The molecule has 0 bridgehead atoms. The van der Waals surface area contributed by atoms with E-state index in [1.165, 1.54) is 4.90 Å². The molecule has 0 saturated heterocycles. The minimum absolute atomic E-state index is 0.380. The molecule has 4 heteroatoms. The van der Waals surface area contributed by atoms with Gasteiger partial charge in [0.15, 0.2) is 0 Å². The summed E-state index contributed by atoms with van der Waals surface area (Å²) >= 11 is 1.80. The molecule has 0 heterocycles. The molecule has 3 nitrogen and oxygen atoms in total.